The molecule has 2 aromatic rings. The van der Waals surface area contributed by atoms with Crippen molar-refractivity contribution in [3.63, 3.8) is 0 Å². The highest BCUT2D eigenvalue weighted by molar-refractivity contribution is 6.35. The Morgan fingerprint density at radius 1 is 1.04 bits per heavy atom. The van der Waals surface area contributed by atoms with Gasteiger partial charge in [-0.05, 0) is 48.4 Å². The summed E-state index contributed by atoms with van der Waals surface area (Å²) in [6, 6.07) is 11.3. The van der Waals surface area contributed by atoms with E-state index in [1.165, 1.54) is 5.57 Å². The zero-order valence-corrected chi connectivity index (χ0v) is 15.9. The first kappa shape index (κ1) is 17.8. The molecule has 6 heteroatoms. The molecule has 0 aliphatic carbocycles. The summed E-state index contributed by atoms with van der Waals surface area (Å²) < 4.78 is 10.7. The Bertz CT molecular complexity index is 799. The Hall–Kier alpha value is -2.04. The van der Waals surface area contributed by atoms with Crippen molar-refractivity contribution in [2.24, 2.45) is 0 Å². The average Bonchev–Trinajstić information content (AvgIpc) is 2.97. The molecule has 0 fully saturated rings. The van der Waals surface area contributed by atoms with Gasteiger partial charge < -0.3 is 14.9 Å². The number of hydrazine groups is 1. The fourth-order valence-electron chi connectivity index (χ4n) is 2.83. The van der Waals surface area contributed by atoms with Crippen LogP contribution < -0.4 is 19.9 Å². The van der Waals surface area contributed by atoms with Gasteiger partial charge in [-0.1, -0.05) is 23.2 Å². The molecule has 1 aliphatic rings. The Morgan fingerprint density at radius 3 is 2.36 bits per heavy atom. The number of anilines is 1. The van der Waals surface area contributed by atoms with Gasteiger partial charge in [0.25, 0.3) is 0 Å². The summed E-state index contributed by atoms with van der Waals surface area (Å²) in [5.41, 5.74) is 7.79. The summed E-state index contributed by atoms with van der Waals surface area (Å²) >= 11 is 12.4. The fraction of sp³-hybridized carbons (Fsp3) is 0.263. The van der Waals surface area contributed by atoms with Crippen molar-refractivity contribution in [3.8, 4) is 11.5 Å². The maximum Gasteiger partial charge on any atom is 0.122 e. The first-order chi connectivity index (χ1) is 12.0. The van der Waals surface area contributed by atoms with Crippen LogP contribution in [0.1, 0.15) is 12.5 Å². The van der Waals surface area contributed by atoms with Crippen molar-refractivity contribution < 1.29 is 9.47 Å². The third kappa shape index (κ3) is 3.97. The van der Waals surface area contributed by atoms with Gasteiger partial charge in [-0.15, -0.1) is 0 Å². The summed E-state index contributed by atoms with van der Waals surface area (Å²) in [5, 5.41) is 3.33. The van der Waals surface area contributed by atoms with E-state index in [1.807, 2.05) is 29.3 Å². The SMILES string of the molecule is COc1cc(CC2=C(C)CN(c3cc(Cl)ccc3Cl)N2)cc(OC)c1. The van der Waals surface area contributed by atoms with Crippen LogP contribution in [0.3, 0.4) is 0 Å². The molecule has 0 atom stereocenters. The molecule has 25 heavy (non-hydrogen) atoms. The van der Waals surface area contributed by atoms with Gasteiger partial charge >= 0.3 is 0 Å². The summed E-state index contributed by atoms with van der Waals surface area (Å²) in [6.07, 6.45) is 0.744. The smallest absolute Gasteiger partial charge is 0.122 e. The van der Waals surface area contributed by atoms with Gasteiger partial charge in [-0.2, -0.15) is 0 Å². The summed E-state index contributed by atoms with van der Waals surface area (Å²) in [5.74, 6) is 1.56. The molecule has 1 N–H and O–H groups in total. The number of benzene rings is 2. The second-order valence-corrected chi connectivity index (χ2v) is 6.79. The van der Waals surface area contributed by atoms with E-state index >= 15 is 0 Å². The Kier molecular flexibility index (Phi) is 5.30. The van der Waals surface area contributed by atoms with E-state index in [1.54, 1.807) is 26.4 Å². The Balaban J connectivity index is 1.80. The van der Waals surface area contributed by atoms with Crippen molar-refractivity contribution in [1.29, 1.82) is 0 Å². The standard InChI is InChI=1S/C19H20Cl2N2O2/c1-12-11-23(19-9-14(20)4-5-17(19)21)22-18(12)8-13-6-15(24-2)10-16(7-13)25-3/h4-7,9-10,22H,8,11H2,1-3H3. The van der Waals surface area contributed by atoms with Gasteiger partial charge in [0, 0.05) is 23.2 Å². The predicted molar refractivity (Wildman–Crippen MR) is 103 cm³/mol. The number of halogens is 2. The molecular formula is C19H20Cl2N2O2. The van der Waals surface area contributed by atoms with E-state index in [-0.39, 0.29) is 0 Å². The van der Waals surface area contributed by atoms with Gasteiger partial charge in [0.15, 0.2) is 0 Å². The van der Waals surface area contributed by atoms with Crippen LogP contribution in [0.4, 0.5) is 5.69 Å². The maximum absolute atomic E-state index is 6.32. The van der Waals surface area contributed by atoms with Gasteiger partial charge in [0.2, 0.25) is 0 Å². The molecule has 0 radical (unpaired) electrons. The second kappa shape index (κ2) is 7.46. The molecule has 0 amide bonds. The van der Waals surface area contributed by atoms with Gasteiger partial charge in [0.1, 0.15) is 11.5 Å². The van der Waals surface area contributed by atoms with Crippen molar-refractivity contribution >= 4 is 28.9 Å². The molecule has 132 valence electrons. The summed E-state index contributed by atoms with van der Waals surface area (Å²) in [4.78, 5) is 0. The third-order valence-corrected chi connectivity index (χ3v) is 4.73. The number of nitrogens with one attached hydrogen (secondary N) is 1. The van der Waals surface area contributed by atoms with Crippen molar-refractivity contribution in [1.82, 2.24) is 5.43 Å². The molecular weight excluding hydrogens is 359 g/mol. The number of allylic oxidation sites excluding steroid dienone is 1. The van der Waals surface area contributed by atoms with Crippen LogP contribution in [0, 0.1) is 0 Å². The van der Waals surface area contributed by atoms with E-state index in [9.17, 15) is 0 Å². The second-order valence-electron chi connectivity index (χ2n) is 5.95. The van der Waals surface area contributed by atoms with Crippen LogP contribution >= 0.6 is 23.2 Å². The summed E-state index contributed by atoms with van der Waals surface area (Å²) in [6.45, 7) is 2.86. The number of hydrogen-bond donors (Lipinski definition) is 1. The fourth-order valence-corrected chi connectivity index (χ4v) is 3.22. The lowest BCUT2D eigenvalue weighted by molar-refractivity contribution is 0.393. The zero-order chi connectivity index (χ0) is 18.0. The van der Waals surface area contributed by atoms with E-state index in [0.717, 1.165) is 41.4 Å². The summed E-state index contributed by atoms with van der Waals surface area (Å²) in [7, 11) is 3.31. The number of nitrogens with zero attached hydrogens (tertiary/aromatic N) is 1. The molecule has 4 nitrogen and oxygen atoms in total. The minimum Gasteiger partial charge on any atom is -0.497 e. The minimum atomic E-state index is 0.657. The molecule has 0 saturated carbocycles. The number of rotatable bonds is 5. The lowest BCUT2D eigenvalue weighted by Crippen LogP contribution is -2.32. The molecule has 0 saturated heterocycles. The number of hydrogen-bond acceptors (Lipinski definition) is 4. The van der Waals surface area contributed by atoms with Crippen molar-refractivity contribution in [2.75, 3.05) is 25.8 Å². The van der Waals surface area contributed by atoms with E-state index in [0.29, 0.717) is 10.0 Å². The van der Waals surface area contributed by atoms with Crippen LogP contribution in [0.5, 0.6) is 11.5 Å². The van der Waals surface area contributed by atoms with E-state index in [2.05, 4.69) is 12.3 Å². The van der Waals surface area contributed by atoms with Crippen LogP contribution in [-0.4, -0.2) is 20.8 Å². The zero-order valence-electron chi connectivity index (χ0n) is 14.4. The van der Waals surface area contributed by atoms with Gasteiger partial charge in [0.05, 0.1) is 31.5 Å². The molecule has 2 aromatic carbocycles. The molecule has 0 spiro atoms. The average molecular weight is 379 g/mol. The number of ether oxygens (including phenoxy) is 2. The van der Waals surface area contributed by atoms with Crippen LogP contribution in [0.15, 0.2) is 47.7 Å². The van der Waals surface area contributed by atoms with Crippen LogP contribution in [-0.2, 0) is 6.42 Å². The van der Waals surface area contributed by atoms with Crippen molar-refractivity contribution in [2.45, 2.75) is 13.3 Å². The third-order valence-electron chi connectivity index (χ3n) is 4.17. The lowest BCUT2D eigenvalue weighted by Gasteiger charge is -2.22. The quantitative estimate of drug-likeness (QED) is 0.805. The minimum absolute atomic E-state index is 0.657. The van der Waals surface area contributed by atoms with E-state index < -0.39 is 0 Å². The Labute approximate surface area is 157 Å². The van der Waals surface area contributed by atoms with Gasteiger partial charge in [-0.3, -0.25) is 5.01 Å². The molecule has 1 aliphatic heterocycles. The molecule has 0 aromatic heterocycles. The largest absolute Gasteiger partial charge is 0.497 e. The first-order valence-electron chi connectivity index (χ1n) is 7.90. The van der Waals surface area contributed by atoms with Gasteiger partial charge in [-0.25, -0.2) is 0 Å². The molecule has 0 unspecified atom stereocenters. The highest BCUT2D eigenvalue weighted by atomic mass is 35.5. The van der Waals surface area contributed by atoms with Crippen LogP contribution in [0.25, 0.3) is 0 Å². The lowest BCUT2D eigenvalue weighted by atomic mass is 10.1. The highest BCUT2D eigenvalue weighted by Crippen LogP contribution is 2.32. The molecule has 1 heterocycles. The first-order valence-corrected chi connectivity index (χ1v) is 8.65. The maximum atomic E-state index is 6.32. The molecule has 0 bridgehead atoms. The Morgan fingerprint density at radius 2 is 1.72 bits per heavy atom. The molecule has 3 rings (SSSR count). The highest BCUT2D eigenvalue weighted by Gasteiger charge is 2.21. The number of methoxy groups -OCH3 is 2. The van der Waals surface area contributed by atoms with E-state index in [4.69, 9.17) is 32.7 Å². The topological polar surface area (TPSA) is 33.7 Å². The normalized spacial score (nSPS) is 13.9. The van der Waals surface area contributed by atoms with Crippen LogP contribution in [0.2, 0.25) is 10.0 Å². The predicted octanol–water partition coefficient (Wildman–Crippen LogP) is 4.85. The van der Waals surface area contributed by atoms with Crippen molar-refractivity contribution in [3.05, 3.63) is 63.3 Å². The monoisotopic (exact) mass is 378 g/mol.